The second-order valence-electron chi connectivity index (χ2n) is 3.69. The summed E-state index contributed by atoms with van der Waals surface area (Å²) in [6.07, 6.45) is 0.470. The normalized spacial score (nSPS) is 9.55. The van der Waals surface area contributed by atoms with Crippen molar-refractivity contribution in [2.75, 3.05) is 0 Å². The SMILES string of the molecule is CCC(CC)=NOC(=O)Oc1c(Br)cc(C#N)cc1Br. The molecule has 0 aliphatic heterocycles. The quantitative estimate of drug-likeness (QED) is 0.238. The van der Waals surface area contributed by atoms with E-state index in [1.165, 1.54) is 0 Å². The second-order valence-corrected chi connectivity index (χ2v) is 5.40. The van der Waals surface area contributed by atoms with Gasteiger partial charge >= 0.3 is 6.16 Å². The molecule has 0 aromatic heterocycles. The predicted octanol–water partition coefficient (Wildman–Crippen LogP) is 4.77. The maximum Gasteiger partial charge on any atom is 0.540 e. The fraction of sp³-hybridized carbons (Fsp3) is 0.308. The minimum absolute atomic E-state index is 0.235. The molecule has 106 valence electrons. The first-order chi connectivity index (χ1) is 9.51. The van der Waals surface area contributed by atoms with Gasteiger partial charge in [0.05, 0.1) is 26.3 Å². The van der Waals surface area contributed by atoms with E-state index in [1.807, 2.05) is 19.9 Å². The number of halogens is 2. The van der Waals surface area contributed by atoms with Crippen LogP contribution < -0.4 is 4.74 Å². The van der Waals surface area contributed by atoms with Gasteiger partial charge < -0.3 is 4.74 Å². The van der Waals surface area contributed by atoms with Gasteiger partial charge in [-0.3, -0.25) is 4.84 Å². The third-order valence-corrected chi connectivity index (χ3v) is 3.56. The first kappa shape index (κ1) is 16.7. The van der Waals surface area contributed by atoms with E-state index in [9.17, 15) is 4.79 Å². The van der Waals surface area contributed by atoms with E-state index >= 15 is 0 Å². The Morgan fingerprint density at radius 3 is 2.30 bits per heavy atom. The molecule has 0 saturated carbocycles. The van der Waals surface area contributed by atoms with Crippen LogP contribution in [0.5, 0.6) is 5.75 Å². The van der Waals surface area contributed by atoms with Crippen molar-refractivity contribution in [2.24, 2.45) is 5.16 Å². The summed E-state index contributed by atoms with van der Waals surface area (Å²) in [5.41, 5.74) is 1.20. The number of nitrogens with zero attached hydrogens (tertiary/aromatic N) is 2. The van der Waals surface area contributed by atoms with E-state index in [0.717, 1.165) is 5.71 Å². The van der Waals surface area contributed by atoms with Gasteiger partial charge in [-0.15, -0.1) is 0 Å². The lowest BCUT2D eigenvalue weighted by Crippen LogP contribution is -2.09. The summed E-state index contributed by atoms with van der Waals surface area (Å²) < 4.78 is 5.98. The van der Waals surface area contributed by atoms with Crippen molar-refractivity contribution < 1.29 is 14.4 Å². The van der Waals surface area contributed by atoms with Crippen LogP contribution in [0.3, 0.4) is 0 Å². The average Bonchev–Trinajstić information content (AvgIpc) is 2.43. The topological polar surface area (TPSA) is 71.7 Å². The van der Waals surface area contributed by atoms with E-state index in [1.54, 1.807) is 12.1 Å². The van der Waals surface area contributed by atoms with Crippen LogP contribution in [0.1, 0.15) is 32.3 Å². The lowest BCUT2D eigenvalue weighted by atomic mass is 10.2. The van der Waals surface area contributed by atoms with Crippen LogP contribution in [0.4, 0.5) is 4.79 Å². The highest BCUT2D eigenvalue weighted by Crippen LogP contribution is 2.34. The number of hydrogen-bond donors (Lipinski definition) is 0. The fourth-order valence-electron chi connectivity index (χ4n) is 1.30. The molecule has 1 rings (SSSR count). The van der Waals surface area contributed by atoms with Crippen molar-refractivity contribution >= 4 is 43.7 Å². The summed E-state index contributed by atoms with van der Waals surface area (Å²) in [5.74, 6) is 0.235. The minimum atomic E-state index is -0.935. The summed E-state index contributed by atoms with van der Waals surface area (Å²) in [5, 5.41) is 12.5. The molecule has 5 nitrogen and oxygen atoms in total. The van der Waals surface area contributed by atoms with Gasteiger partial charge in [-0.1, -0.05) is 19.0 Å². The van der Waals surface area contributed by atoms with Crippen LogP contribution in [-0.4, -0.2) is 11.9 Å². The molecule has 0 aliphatic rings. The molecule has 0 atom stereocenters. The Morgan fingerprint density at radius 2 is 1.85 bits per heavy atom. The molecular weight excluding hydrogens is 392 g/mol. The lowest BCUT2D eigenvalue weighted by molar-refractivity contribution is 0.101. The number of carbonyl (C=O) groups excluding carboxylic acids is 1. The first-order valence-electron chi connectivity index (χ1n) is 5.85. The highest BCUT2D eigenvalue weighted by molar-refractivity contribution is 9.11. The van der Waals surface area contributed by atoms with E-state index in [0.29, 0.717) is 27.4 Å². The Labute approximate surface area is 133 Å². The maximum atomic E-state index is 11.5. The van der Waals surface area contributed by atoms with Gasteiger partial charge in [0.25, 0.3) is 0 Å². The third kappa shape index (κ3) is 4.62. The van der Waals surface area contributed by atoms with E-state index < -0.39 is 6.16 Å². The second kappa shape index (κ2) is 8.02. The van der Waals surface area contributed by atoms with Crippen molar-refractivity contribution in [3.8, 4) is 11.8 Å². The molecule has 0 heterocycles. The Bertz CT molecular complexity index is 550. The van der Waals surface area contributed by atoms with Crippen LogP contribution in [0.25, 0.3) is 0 Å². The van der Waals surface area contributed by atoms with Crippen molar-refractivity contribution in [3.05, 3.63) is 26.6 Å². The van der Waals surface area contributed by atoms with Gasteiger partial charge in [0, 0.05) is 0 Å². The fourth-order valence-corrected chi connectivity index (χ4v) is 2.65. The Hall–Kier alpha value is -1.39. The number of oxime groups is 1. The molecule has 0 saturated heterocycles. The Morgan fingerprint density at radius 1 is 1.30 bits per heavy atom. The van der Waals surface area contributed by atoms with Gasteiger partial charge in [0.15, 0.2) is 5.75 Å². The third-order valence-electron chi connectivity index (χ3n) is 2.38. The molecule has 1 aromatic carbocycles. The van der Waals surface area contributed by atoms with E-state index in [2.05, 4.69) is 41.9 Å². The van der Waals surface area contributed by atoms with Gasteiger partial charge in [0.1, 0.15) is 0 Å². The maximum absolute atomic E-state index is 11.5. The van der Waals surface area contributed by atoms with Gasteiger partial charge in [-0.05, 0) is 56.8 Å². The monoisotopic (exact) mass is 402 g/mol. The Balaban J connectivity index is 2.82. The largest absolute Gasteiger partial charge is 0.540 e. The zero-order valence-corrected chi connectivity index (χ0v) is 14.1. The van der Waals surface area contributed by atoms with Crippen LogP contribution in [0, 0.1) is 11.3 Å². The minimum Gasteiger partial charge on any atom is -0.391 e. The highest BCUT2D eigenvalue weighted by Gasteiger charge is 2.14. The lowest BCUT2D eigenvalue weighted by Gasteiger charge is -2.07. The van der Waals surface area contributed by atoms with Crippen LogP contribution in [0.2, 0.25) is 0 Å². The van der Waals surface area contributed by atoms with Gasteiger partial charge in [-0.25, -0.2) is 4.79 Å². The molecule has 0 fully saturated rings. The molecule has 0 unspecified atom stereocenters. The van der Waals surface area contributed by atoms with E-state index in [-0.39, 0.29) is 5.75 Å². The summed E-state index contributed by atoms with van der Waals surface area (Å²) in [4.78, 5) is 16.2. The highest BCUT2D eigenvalue weighted by atomic mass is 79.9. The van der Waals surface area contributed by atoms with Crippen molar-refractivity contribution in [1.29, 1.82) is 5.26 Å². The molecule has 0 N–H and O–H groups in total. The molecule has 0 bridgehead atoms. The molecule has 1 aromatic rings. The molecule has 7 heteroatoms. The molecule has 0 spiro atoms. The molecule has 20 heavy (non-hydrogen) atoms. The molecule has 0 amide bonds. The van der Waals surface area contributed by atoms with Crippen molar-refractivity contribution in [1.82, 2.24) is 0 Å². The predicted molar refractivity (Wildman–Crippen MR) is 81.7 cm³/mol. The zero-order chi connectivity index (χ0) is 15.1. The van der Waals surface area contributed by atoms with Crippen LogP contribution in [0.15, 0.2) is 26.2 Å². The smallest absolute Gasteiger partial charge is 0.391 e. The van der Waals surface area contributed by atoms with Crippen LogP contribution >= 0.6 is 31.9 Å². The van der Waals surface area contributed by atoms with Crippen LogP contribution in [-0.2, 0) is 4.84 Å². The number of benzene rings is 1. The van der Waals surface area contributed by atoms with E-state index in [4.69, 9.17) is 10.00 Å². The summed E-state index contributed by atoms with van der Waals surface area (Å²) in [7, 11) is 0. The molecular formula is C13H12Br2N2O3. The summed E-state index contributed by atoms with van der Waals surface area (Å²) in [6, 6.07) is 5.07. The number of ether oxygens (including phenoxy) is 1. The number of carbonyl (C=O) groups is 1. The number of nitriles is 1. The summed E-state index contributed by atoms with van der Waals surface area (Å²) >= 11 is 6.45. The zero-order valence-electron chi connectivity index (χ0n) is 10.9. The standard InChI is InChI=1S/C13H12Br2N2O3/c1-3-9(4-2)17-20-13(18)19-12-10(14)5-8(7-16)6-11(12)15/h5-6H,3-4H2,1-2H3. The Kier molecular flexibility index (Phi) is 6.68. The van der Waals surface area contributed by atoms with Gasteiger partial charge in [-0.2, -0.15) is 5.26 Å². The summed E-state index contributed by atoms with van der Waals surface area (Å²) in [6.45, 7) is 3.84. The average molecular weight is 404 g/mol. The number of rotatable bonds is 4. The van der Waals surface area contributed by atoms with Crippen molar-refractivity contribution in [2.45, 2.75) is 26.7 Å². The molecule has 0 aliphatic carbocycles. The van der Waals surface area contributed by atoms with Crippen molar-refractivity contribution in [3.63, 3.8) is 0 Å². The molecule has 0 radical (unpaired) electrons. The number of hydrogen-bond acceptors (Lipinski definition) is 5. The first-order valence-corrected chi connectivity index (χ1v) is 7.44. The van der Waals surface area contributed by atoms with Gasteiger partial charge in [0.2, 0.25) is 0 Å².